The topological polar surface area (TPSA) is 12.0 Å². The standard InChI is InChI=1S/C13H13BrFNS/c1-8-5-10(9(2)17-8)7-16-13-6-11(14)3-4-12(13)15/h3-6,16H,7H2,1-2H3. The first-order valence-electron chi connectivity index (χ1n) is 5.31. The Morgan fingerprint density at radius 2 is 2.06 bits per heavy atom. The average Bonchev–Trinajstić information content (AvgIpc) is 2.59. The molecule has 4 heteroatoms. The first-order valence-corrected chi connectivity index (χ1v) is 6.92. The SMILES string of the molecule is Cc1cc(CNc2cc(Br)ccc2F)c(C)s1. The summed E-state index contributed by atoms with van der Waals surface area (Å²) in [4.78, 5) is 2.57. The van der Waals surface area contributed by atoms with E-state index in [4.69, 9.17) is 0 Å². The molecular formula is C13H13BrFNS. The zero-order valence-electron chi connectivity index (χ0n) is 9.68. The third kappa shape index (κ3) is 3.07. The van der Waals surface area contributed by atoms with Crippen LogP contribution in [-0.2, 0) is 6.54 Å². The minimum atomic E-state index is -0.224. The first-order chi connectivity index (χ1) is 8.06. The highest BCUT2D eigenvalue weighted by Gasteiger charge is 2.05. The third-order valence-electron chi connectivity index (χ3n) is 2.54. The van der Waals surface area contributed by atoms with Gasteiger partial charge in [-0.2, -0.15) is 0 Å². The molecule has 0 radical (unpaired) electrons. The largest absolute Gasteiger partial charge is 0.379 e. The Hall–Kier alpha value is -0.870. The highest BCUT2D eigenvalue weighted by molar-refractivity contribution is 9.10. The van der Waals surface area contributed by atoms with Gasteiger partial charge in [0.1, 0.15) is 5.82 Å². The van der Waals surface area contributed by atoms with E-state index in [1.165, 1.54) is 21.4 Å². The Morgan fingerprint density at radius 1 is 1.29 bits per heavy atom. The number of benzene rings is 1. The van der Waals surface area contributed by atoms with Crippen LogP contribution in [0.4, 0.5) is 10.1 Å². The van der Waals surface area contributed by atoms with E-state index in [0.29, 0.717) is 12.2 Å². The summed E-state index contributed by atoms with van der Waals surface area (Å²) in [5, 5.41) is 3.13. The molecule has 17 heavy (non-hydrogen) atoms. The van der Waals surface area contributed by atoms with Gasteiger partial charge < -0.3 is 5.32 Å². The van der Waals surface area contributed by atoms with E-state index in [1.54, 1.807) is 23.5 Å². The van der Waals surface area contributed by atoms with Crippen LogP contribution in [0.1, 0.15) is 15.3 Å². The molecule has 0 saturated heterocycles. The summed E-state index contributed by atoms with van der Waals surface area (Å²) in [7, 11) is 0. The predicted molar refractivity (Wildman–Crippen MR) is 75.2 cm³/mol. The summed E-state index contributed by atoms with van der Waals surface area (Å²) in [5.41, 5.74) is 1.76. The van der Waals surface area contributed by atoms with E-state index in [9.17, 15) is 4.39 Å². The van der Waals surface area contributed by atoms with Crippen molar-refractivity contribution in [3.8, 4) is 0 Å². The monoisotopic (exact) mass is 313 g/mol. The summed E-state index contributed by atoms with van der Waals surface area (Å²) in [6.07, 6.45) is 0. The second kappa shape index (κ2) is 5.19. The van der Waals surface area contributed by atoms with Gasteiger partial charge in [0.05, 0.1) is 5.69 Å². The van der Waals surface area contributed by atoms with Crippen LogP contribution in [0.2, 0.25) is 0 Å². The van der Waals surface area contributed by atoms with E-state index in [1.807, 2.05) is 0 Å². The summed E-state index contributed by atoms with van der Waals surface area (Å²) >= 11 is 5.11. The number of thiophene rings is 1. The number of halogens is 2. The van der Waals surface area contributed by atoms with Crippen molar-refractivity contribution in [2.24, 2.45) is 0 Å². The Kier molecular flexibility index (Phi) is 3.84. The van der Waals surface area contributed by atoms with Crippen LogP contribution in [0.15, 0.2) is 28.7 Å². The maximum Gasteiger partial charge on any atom is 0.146 e. The fraction of sp³-hybridized carbons (Fsp3) is 0.231. The highest BCUT2D eigenvalue weighted by atomic mass is 79.9. The first kappa shape index (κ1) is 12.6. The van der Waals surface area contributed by atoms with Crippen LogP contribution in [0.25, 0.3) is 0 Å². The molecule has 1 nitrogen and oxygen atoms in total. The van der Waals surface area contributed by atoms with Gasteiger partial charge in [0.15, 0.2) is 0 Å². The molecule has 0 aliphatic rings. The molecule has 0 saturated carbocycles. The van der Waals surface area contributed by atoms with Crippen molar-refractivity contribution in [1.82, 2.24) is 0 Å². The molecule has 1 heterocycles. The van der Waals surface area contributed by atoms with Crippen LogP contribution in [0.5, 0.6) is 0 Å². The summed E-state index contributed by atoms with van der Waals surface area (Å²) in [5.74, 6) is -0.224. The van der Waals surface area contributed by atoms with Gasteiger partial charge in [-0.3, -0.25) is 0 Å². The molecule has 0 fully saturated rings. The van der Waals surface area contributed by atoms with Crippen molar-refractivity contribution >= 4 is 33.0 Å². The van der Waals surface area contributed by atoms with Crippen LogP contribution in [-0.4, -0.2) is 0 Å². The highest BCUT2D eigenvalue weighted by Crippen LogP contribution is 2.24. The Balaban J connectivity index is 2.12. The van der Waals surface area contributed by atoms with Crippen molar-refractivity contribution in [1.29, 1.82) is 0 Å². The third-order valence-corrected chi connectivity index (χ3v) is 4.04. The summed E-state index contributed by atoms with van der Waals surface area (Å²) in [6, 6.07) is 7.05. The number of aryl methyl sites for hydroxylation is 2. The fourth-order valence-electron chi connectivity index (χ4n) is 1.68. The van der Waals surface area contributed by atoms with Crippen molar-refractivity contribution in [3.05, 3.63) is 49.9 Å². The molecule has 1 aromatic heterocycles. The zero-order valence-corrected chi connectivity index (χ0v) is 12.1. The molecule has 0 unspecified atom stereocenters. The maximum atomic E-state index is 13.5. The molecule has 2 rings (SSSR count). The minimum absolute atomic E-state index is 0.224. The summed E-state index contributed by atoms with van der Waals surface area (Å²) in [6.45, 7) is 4.83. The Labute approximate surface area is 113 Å². The quantitative estimate of drug-likeness (QED) is 0.851. The maximum absolute atomic E-state index is 13.5. The van der Waals surface area contributed by atoms with Gasteiger partial charge in [-0.15, -0.1) is 11.3 Å². The minimum Gasteiger partial charge on any atom is -0.379 e. The van der Waals surface area contributed by atoms with E-state index in [-0.39, 0.29) is 5.82 Å². The Morgan fingerprint density at radius 3 is 2.71 bits per heavy atom. The molecule has 2 aromatic rings. The van der Waals surface area contributed by atoms with Crippen LogP contribution >= 0.6 is 27.3 Å². The molecule has 90 valence electrons. The molecular weight excluding hydrogens is 301 g/mol. The number of nitrogens with one attached hydrogen (secondary N) is 1. The zero-order chi connectivity index (χ0) is 12.4. The van der Waals surface area contributed by atoms with E-state index in [2.05, 4.69) is 41.2 Å². The van der Waals surface area contributed by atoms with Crippen molar-refractivity contribution < 1.29 is 4.39 Å². The van der Waals surface area contributed by atoms with Crippen LogP contribution < -0.4 is 5.32 Å². The molecule has 0 bridgehead atoms. The lowest BCUT2D eigenvalue weighted by molar-refractivity contribution is 0.630. The Bertz CT molecular complexity index is 536. The fourth-order valence-corrected chi connectivity index (χ4v) is 2.99. The number of rotatable bonds is 3. The van der Waals surface area contributed by atoms with Crippen molar-refractivity contribution in [2.45, 2.75) is 20.4 Å². The molecule has 0 amide bonds. The normalized spacial score (nSPS) is 10.6. The summed E-state index contributed by atoms with van der Waals surface area (Å²) < 4.78 is 14.4. The number of hydrogen-bond donors (Lipinski definition) is 1. The van der Waals surface area contributed by atoms with Crippen LogP contribution in [0.3, 0.4) is 0 Å². The van der Waals surface area contributed by atoms with Crippen LogP contribution in [0, 0.1) is 19.7 Å². The molecule has 1 N–H and O–H groups in total. The molecule has 0 aliphatic heterocycles. The second-order valence-electron chi connectivity index (χ2n) is 3.92. The van der Waals surface area contributed by atoms with Gasteiger partial charge in [0.25, 0.3) is 0 Å². The molecule has 0 atom stereocenters. The van der Waals surface area contributed by atoms with Gasteiger partial charge in [-0.05, 0) is 43.7 Å². The van der Waals surface area contributed by atoms with Gasteiger partial charge in [0, 0.05) is 20.8 Å². The van der Waals surface area contributed by atoms with E-state index in [0.717, 1.165) is 4.47 Å². The van der Waals surface area contributed by atoms with Gasteiger partial charge in [-0.25, -0.2) is 4.39 Å². The van der Waals surface area contributed by atoms with E-state index >= 15 is 0 Å². The lowest BCUT2D eigenvalue weighted by Gasteiger charge is -2.07. The lowest BCUT2D eigenvalue weighted by atomic mass is 10.2. The average molecular weight is 314 g/mol. The van der Waals surface area contributed by atoms with Crippen molar-refractivity contribution in [3.63, 3.8) is 0 Å². The number of anilines is 1. The lowest BCUT2D eigenvalue weighted by Crippen LogP contribution is -2.01. The number of hydrogen-bond acceptors (Lipinski definition) is 2. The van der Waals surface area contributed by atoms with E-state index < -0.39 is 0 Å². The van der Waals surface area contributed by atoms with Gasteiger partial charge in [0.2, 0.25) is 0 Å². The van der Waals surface area contributed by atoms with Gasteiger partial charge >= 0.3 is 0 Å². The smallest absolute Gasteiger partial charge is 0.146 e. The molecule has 0 spiro atoms. The molecule has 0 aliphatic carbocycles. The predicted octanol–water partition coefficient (Wildman–Crippen LogP) is 4.88. The van der Waals surface area contributed by atoms with Gasteiger partial charge in [-0.1, -0.05) is 15.9 Å². The second-order valence-corrected chi connectivity index (χ2v) is 6.29. The molecule has 1 aromatic carbocycles. The van der Waals surface area contributed by atoms with Crippen molar-refractivity contribution in [2.75, 3.05) is 5.32 Å².